The van der Waals surface area contributed by atoms with E-state index in [2.05, 4.69) is 5.32 Å². The number of carbonyl (C=O) groups excluding carboxylic acids is 1. The molecule has 1 rings (SSSR count). The van der Waals surface area contributed by atoms with Crippen LogP contribution in [-0.2, 0) is 4.74 Å². The summed E-state index contributed by atoms with van der Waals surface area (Å²) in [6, 6.07) is 0.282. The molecule has 96 valence electrons. The highest BCUT2D eigenvalue weighted by Gasteiger charge is 2.26. The summed E-state index contributed by atoms with van der Waals surface area (Å²) in [7, 11) is 1.80. The fourth-order valence-electron chi connectivity index (χ4n) is 1.45. The third-order valence-corrected chi connectivity index (χ3v) is 2.26. The normalized spacial score (nSPS) is 19.8. The molecule has 1 N–H and O–H groups in total. The molecule has 1 fully saturated rings. The monoisotopic (exact) mass is 230 g/mol. The van der Waals surface area contributed by atoms with E-state index in [9.17, 15) is 4.79 Å². The maximum absolute atomic E-state index is 11.6. The molecule has 0 aromatic heterocycles. The van der Waals surface area contributed by atoms with Crippen molar-refractivity contribution in [3.63, 3.8) is 0 Å². The number of nitrogens with one attached hydrogen (secondary N) is 1. The molecule has 0 bridgehead atoms. The van der Waals surface area contributed by atoms with Crippen molar-refractivity contribution in [3.05, 3.63) is 0 Å². The summed E-state index contributed by atoms with van der Waals surface area (Å²) in [6.07, 6.45) is 0.779. The van der Waals surface area contributed by atoms with E-state index in [-0.39, 0.29) is 12.1 Å². The SMILES string of the molecule is CC.CN(C(=O)OC(C)(C)C)C1CCNC1. The Bertz CT molecular complexity index is 206. The Morgan fingerprint density at radius 1 is 1.38 bits per heavy atom. The van der Waals surface area contributed by atoms with Crippen LogP contribution >= 0.6 is 0 Å². The number of hydrogen-bond acceptors (Lipinski definition) is 3. The molecule has 16 heavy (non-hydrogen) atoms. The molecular formula is C12H26N2O2. The second-order valence-corrected chi connectivity index (χ2v) is 4.74. The smallest absolute Gasteiger partial charge is 0.410 e. The first-order chi connectivity index (χ1) is 7.40. The summed E-state index contributed by atoms with van der Waals surface area (Å²) in [5.41, 5.74) is -0.405. The molecule has 0 saturated carbocycles. The first kappa shape index (κ1) is 15.2. The van der Waals surface area contributed by atoms with Crippen LogP contribution in [0.2, 0.25) is 0 Å². The summed E-state index contributed by atoms with van der Waals surface area (Å²) in [5.74, 6) is 0. The van der Waals surface area contributed by atoms with E-state index in [1.54, 1.807) is 11.9 Å². The molecule has 0 aliphatic carbocycles. The minimum absolute atomic E-state index is 0.230. The zero-order valence-corrected chi connectivity index (χ0v) is 11.5. The Morgan fingerprint density at radius 2 is 1.94 bits per heavy atom. The molecule has 1 saturated heterocycles. The van der Waals surface area contributed by atoms with Gasteiger partial charge in [-0.2, -0.15) is 0 Å². The van der Waals surface area contributed by atoms with Crippen LogP contribution in [0, 0.1) is 0 Å². The molecule has 1 aliphatic heterocycles. The fraction of sp³-hybridized carbons (Fsp3) is 0.917. The van der Waals surface area contributed by atoms with E-state index in [0.29, 0.717) is 0 Å². The van der Waals surface area contributed by atoms with Gasteiger partial charge in [0.05, 0.1) is 0 Å². The van der Waals surface area contributed by atoms with Crippen LogP contribution < -0.4 is 5.32 Å². The number of rotatable bonds is 1. The maximum atomic E-state index is 11.6. The summed E-state index contributed by atoms with van der Waals surface area (Å²) >= 11 is 0. The largest absolute Gasteiger partial charge is 0.444 e. The van der Waals surface area contributed by atoms with Gasteiger partial charge in [-0.25, -0.2) is 4.79 Å². The van der Waals surface area contributed by atoms with Gasteiger partial charge in [-0.3, -0.25) is 0 Å². The van der Waals surface area contributed by atoms with E-state index < -0.39 is 5.60 Å². The lowest BCUT2D eigenvalue weighted by Crippen LogP contribution is -2.41. The molecule has 0 aromatic rings. The zero-order valence-electron chi connectivity index (χ0n) is 11.5. The van der Waals surface area contributed by atoms with Crippen LogP contribution in [0.1, 0.15) is 41.0 Å². The van der Waals surface area contributed by atoms with Crippen molar-refractivity contribution < 1.29 is 9.53 Å². The molecule has 4 heteroatoms. The standard InChI is InChI=1S/C10H20N2O2.C2H6/c1-10(2,3)14-9(13)12(4)8-5-6-11-7-8;1-2/h8,11H,5-7H2,1-4H3;1-2H3. The molecule has 1 amide bonds. The van der Waals surface area contributed by atoms with Gasteiger partial charge in [-0.1, -0.05) is 13.8 Å². The van der Waals surface area contributed by atoms with Gasteiger partial charge in [0.15, 0.2) is 0 Å². The molecule has 1 heterocycles. The van der Waals surface area contributed by atoms with E-state index in [4.69, 9.17) is 4.74 Å². The van der Waals surface area contributed by atoms with Gasteiger partial charge in [-0.15, -0.1) is 0 Å². The molecule has 0 radical (unpaired) electrons. The number of amides is 1. The molecule has 1 atom stereocenters. The third-order valence-electron chi connectivity index (χ3n) is 2.26. The Balaban J connectivity index is 0.00000106. The minimum atomic E-state index is -0.405. The van der Waals surface area contributed by atoms with Gasteiger partial charge in [0, 0.05) is 19.6 Å². The first-order valence-corrected chi connectivity index (χ1v) is 6.06. The Labute approximate surface area is 99.3 Å². The van der Waals surface area contributed by atoms with Crippen molar-refractivity contribution in [2.75, 3.05) is 20.1 Å². The van der Waals surface area contributed by atoms with Crippen LogP contribution in [0.3, 0.4) is 0 Å². The summed E-state index contributed by atoms with van der Waals surface area (Å²) in [6.45, 7) is 11.5. The van der Waals surface area contributed by atoms with Crippen LogP contribution in [0.4, 0.5) is 4.79 Å². The Kier molecular flexibility index (Phi) is 6.41. The molecule has 4 nitrogen and oxygen atoms in total. The van der Waals surface area contributed by atoms with E-state index >= 15 is 0 Å². The summed E-state index contributed by atoms with van der Waals surface area (Å²) in [4.78, 5) is 13.3. The van der Waals surface area contributed by atoms with Gasteiger partial charge in [0.25, 0.3) is 0 Å². The van der Waals surface area contributed by atoms with Gasteiger partial charge < -0.3 is 15.0 Å². The van der Waals surface area contributed by atoms with Gasteiger partial charge in [0.1, 0.15) is 5.60 Å². The summed E-state index contributed by atoms with van der Waals surface area (Å²) < 4.78 is 5.27. The van der Waals surface area contributed by atoms with Crippen molar-refractivity contribution in [1.29, 1.82) is 0 Å². The highest BCUT2D eigenvalue weighted by atomic mass is 16.6. The Hall–Kier alpha value is -0.770. The minimum Gasteiger partial charge on any atom is -0.444 e. The molecule has 1 aliphatic rings. The molecule has 1 unspecified atom stereocenters. The van der Waals surface area contributed by atoms with E-state index in [0.717, 1.165) is 19.5 Å². The van der Waals surface area contributed by atoms with Crippen LogP contribution in [-0.4, -0.2) is 42.8 Å². The number of hydrogen-bond donors (Lipinski definition) is 1. The Morgan fingerprint density at radius 3 is 2.31 bits per heavy atom. The number of nitrogens with zero attached hydrogens (tertiary/aromatic N) is 1. The second kappa shape index (κ2) is 6.74. The van der Waals surface area contributed by atoms with E-state index in [1.165, 1.54) is 0 Å². The third kappa shape index (κ3) is 5.35. The fourth-order valence-corrected chi connectivity index (χ4v) is 1.45. The average Bonchev–Trinajstić information content (AvgIpc) is 2.70. The highest BCUT2D eigenvalue weighted by molar-refractivity contribution is 5.68. The predicted molar refractivity (Wildman–Crippen MR) is 66.6 cm³/mol. The van der Waals surface area contributed by atoms with Gasteiger partial charge in [0.2, 0.25) is 0 Å². The number of likely N-dealkylation sites (N-methyl/N-ethyl adjacent to an activating group) is 1. The van der Waals surface area contributed by atoms with Crippen LogP contribution in [0.5, 0.6) is 0 Å². The number of carbonyl (C=O) groups is 1. The average molecular weight is 230 g/mol. The van der Waals surface area contributed by atoms with Crippen LogP contribution in [0.25, 0.3) is 0 Å². The van der Waals surface area contributed by atoms with Gasteiger partial charge >= 0.3 is 6.09 Å². The molecular weight excluding hydrogens is 204 g/mol. The highest BCUT2D eigenvalue weighted by Crippen LogP contribution is 2.13. The van der Waals surface area contributed by atoms with Crippen LogP contribution in [0.15, 0.2) is 0 Å². The lowest BCUT2D eigenvalue weighted by molar-refractivity contribution is 0.0236. The van der Waals surface area contributed by atoms with Crippen molar-refractivity contribution in [1.82, 2.24) is 10.2 Å². The number of ether oxygens (including phenoxy) is 1. The van der Waals surface area contributed by atoms with Crippen molar-refractivity contribution >= 4 is 6.09 Å². The van der Waals surface area contributed by atoms with Gasteiger partial charge in [-0.05, 0) is 33.7 Å². The van der Waals surface area contributed by atoms with Crippen molar-refractivity contribution in [3.8, 4) is 0 Å². The molecule has 0 aromatic carbocycles. The first-order valence-electron chi connectivity index (χ1n) is 6.06. The van der Waals surface area contributed by atoms with Crippen molar-refractivity contribution in [2.45, 2.75) is 52.7 Å². The lowest BCUT2D eigenvalue weighted by atomic mass is 10.2. The maximum Gasteiger partial charge on any atom is 0.410 e. The second-order valence-electron chi connectivity index (χ2n) is 4.74. The van der Waals surface area contributed by atoms with Crippen molar-refractivity contribution in [2.24, 2.45) is 0 Å². The predicted octanol–water partition coefficient (Wildman–Crippen LogP) is 2.24. The quantitative estimate of drug-likeness (QED) is 0.751. The summed E-state index contributed by atoms with van der Waals surface area (Å²) in [5, 5.41) is 3.22. The van der Waals surface area contributed by atoms with E-state index in [1.807, 2.05) is 34.6 Å². The molecule has 0 spiro atoms. The topological polar surface area (TPSA) is 41.6 Å². The lowest BCUT2D eigenvalue weighted by Gasteiger charge is -2.28. The zero-order chi connectivity index (χ0) is 12.8.